The van der Waals surface area contributed by atoms with Crippen LogP contribution in [0.1, 0.15) is 55.4 Å². The van der Waals surface area contributed by atoms with Gasteiger partial charge in [0.05, 0.1) is 6.20 Å². The summed E-state index contributed by atoms with van der Waals surface area (Å²) >= 11 is 0. The molecule has 6 heteroatoms. The van der Waals surface area contributed by atoms with E-state index in [-0.39, 0.29) is 5.91 Å². The van der Waals surface area contributed by atoms with Crippen molar-refractivity contribution in [1.29, 1.82) is 0 Å². The number of nitrogens with zero attached hydrogens (tertiary/aromatic N) is 4. The van der Waals surface area contributed by atoms with E-state index in [4.69, 9.17) is 0 Å². The molecule has 2 aliphatic heterocycles. The van der Waals surface area contributed by atoms with Gasteiger partial charge in [0.1, 0.15) is 5.69 Å². The van der Waals surface area contributed by atoms with Crippen molar-refractivity contribution in [2.24, 2.45) is 11.3 Å². The average Bonchev–Trinajstić information content (AvgIpc) is 3.26. The molecule has 144 valence electrons. The van der Waals surface area contributed by atoms with E-state index in [0.717, 1.165) is 51.9 Å². The molecule has 2 amide bonds. The first-order valence-electron chi connectivity index (χ1n) is 10.1. The van der Waals surface area contributed by atoms with Gasteiger partial charge in [-0.3, -0.25) is 14.6 Å². The Morgan fingerprint density at radius 1 is 1.00 bits per heavy atom. The molecular formula is C21H28N4O2. The normalized spacial score (nSPS) is 22.4. The molecule has 1 aromatic rings. The minimum absolute atomic E-state index is 0.00328. The molecule has 1 aliphatic carbocycles. The standard InChI is InChI=1S/C21H28N4O2/c26-19(24-11-1-2-12-24)15-17-3-5-21(6-4-17)7-13-25(14-8-21)20(27)18-16-22-9-10-23-18/h1-2,9-10,16-17H,3-8,11-15H2. The Morgan fingerprint density at radius 3 is 2.33 bits per heavy atom. The van der Waals surface area contributed by atoms with Crippen LogP contribution in [0.5, 0.6) is 0 Å². The number of carbonyl (C=O) groups excluding carboxylic acids is 2. The van der Waals surface area contributed by atoms with Crippen LogP contribution in [0.3, 0.4) is 0 Å². The van der Waals surface area contributed by atoms with Crippen molar-refractivity contribution in [3.05, 3.63) is 36.4 Å². The monoisotopic (exact) mass is 368 g/mol. The third-order valence-corrected chi connectivity index (χ3v) is 6.69. The second-order valence-electron chi connectivity index (χ2n) is 8.30. The Morgan fingerprint density at radius 2 is 1.70 bits per heavy atom. The van der Waals surface area contributed by atoms with Crippen molar-refractivity contribution in [3.63, 3.8) is 0 Å². The highest BCUT2D eigenvalue weighted by Gasteiger charge is 2.39. The highest BCUT2D eigenvalue weighted by molar-refractivity contribution is 5.92. The van der Waals surface area contributed by atoms with Gasteiger partial charge in [-0.1, -0.05) is 12.2 Å². The van der Waals surface area contributed by atoms with Crippen molar-refractivity contribution in [1.82, 2.24) is 19.8 Å². The molecule has 0 N–H and O–H groups in total. The van der Waals surface area contributed by atoms with Crippen molar-refractivity contribution in [2.45, 2.75) is 44.9 Å². The summed E-state index contributed by atoms with van der Waals surface area (Å²) in [5.74, 6) is 0.838. The first-order chi connectivity index (χ1) is 13.2. The molecule has 3 aliphatic rings. The molecule has 3 heterocycles. The van der Waals surface area contributed by atoms with Gasteiger partial charge in [-0.05, 0) is 49.9 Å². The van der Waals surface area contributed by atoms with E-state index < -0.39 is 0 Å². The maximum absolute atomic E-state index is 12.5. The van der Waals surface area contributed by atoms with Gasteiger partial charge in [0.25, 0.3) is 5.91 Å². The highest BCUT2D eigenvalue weighted by atomic mass is 16.2. The summed E-state index contributed by atoms with van der Waals surface area (Å²) in [5, 5.41) is 0. The molecule has 1 aromatic heterocycles. The smallest absolute Gasteiger partial charge is 0.274 e. The Labute approximate surface area is 160 Å². The highest BCUT2D eigenvalue weighted by Crippen LogP contribution is 2.47. The van der Waals surface area contributed by atoms with Crippen molar-refractivity contribution in [2.75, 3.05) is 26.2 Å². The van der Waals surface area contributed by atoms with Crippen LogP contribution in [0.4, 0.5) is 0 Å². The molecular weight excluding hydrogens is 340 g/mol. The number of aromatic nitrogens is 2. The predicted molar refractivity (Wildman–Crippen MR) is 102 cm³/mol. The fourth-order valence-electron chi connectivity index (χ4n) is 4.81. The first-order valence-corrected chi connectivity index (χ1v) is 10.1. The van der Waals surface area contributed by atoms with Crippen LogP contribution in [-0.2, 0) is 4.79 Å². The number of amides is 2. The molecule has 0 unspecified atom stereocenters. The van der Waals surface area contributed by atoms with Gasteiger partial charge in [-0.15, -0.1) is 0 Å². The van der Waals surface area contributed by atoms with E-state index in [1.807, 2.05) is 9.80 Å². The number of hydrogen-bond acceptors (Lipinski definition) is 4. The van der Waals surface area contributed by atoms with Crippen molar-refractivity contribution < 1.29 is 9.59 Å². The summed E-state index contributed by atoms with van der Waals surface area (Å²) in [6, 6.07) is 0. The molecule has 1 saturated carbocycles. The van der Waals surface area contributed by atoms with Gasteiger partial charge in [0.15, 0.2) is 0 Å². The summed E-state index contributed by atoms with van der Waals surface area (Å²) < 4.78 is 0. The number of carbonyl (C=O) groups is 2. The van der Waals surface area contributed by atoms with Crippen LogP contribution in [0.25, 0.3) is 0 Å². The van der Waals surface area contributed by atoms with E-state index in [9.17, 15) is 9.59 Å². The average molecular weight is 368 g/mol. The third-order valence-electron chi connectivity index (χ3n) is 6.69. The minimum Gasteiger partial charge on any atom is -0.337 e. The number of hydrogen-bond donors (Lipinski definition) is 0. The molecule has 0 aromatic carbocycles. The quantitative estimate of drug-likeness (QED) is 0.770. The number of rotatable bonds is 3. The van der Waals surface area contributed by atoms with Gasteiger partial charge in [-0.2, -0.15) is 0 Å². The second-order valence-corrected chi connectivity index (χ2v) is 8.30. The predicted octanol–water partition coefficient (Wildman–Crippen LogP) is 2.68. The van der Waals surface area contributed by atoms with Gasteiger partial charge in [0, 0.05) is 45.0 Å². The molecule has 1 spiro atoms. The van der Waals surface area contributed by atoms with E-state index in [1.165, 1.54) is 12.8 Å². The van der Waals surface area contributed by atoms with E-state index in [0.29, 0.717) is 29.4 Å². The molecule has 0 radical (unpaired) electrons. The molecule has 4 rings (SSSR count). The first kappa shape index (κ1) is 18.1. The SMILES string of the molecule is O=C(CC1CCC2(CC1)CCN(C(=O)c1cnccn1)CC2)N1CC=CC1. The van der Waals surface area contributed by atoms with Crippen LogP contribution >= 0.6 is 0 Å². The maximum Gasteiger partial charge on any atom is 0.274 e. The Bertz CT molecular complexity index is 692. The third kappa shape index (κ3) is 4.04. The van der Waals surface area contributed by atoms with Crippen molar-refractivity contribution >= 4 is 11.8 Å². The fraction of sp³-hybridized carbons (Fsp3) is 0.619. The summed E-state index contributed by atoms with van der Waals surface area (Å²) in [6.07, 6.45) is 16.4. The zero-order valence-corrected chi connectivity index (χ0v) is 15.8. The zero-order chi connectivity index (χ0) is 18.7. The van der Waals surface area contributed by atoms with Gasteiger partial charge in [-0.25, -0.2) is 4.98 Å². The topological polar surface area (TPSA) is 66.4 Å². The van der Waals surface area contributed by atoms with Gasteiger partial charge < -0.3 is 9.80 Å². The van der Waals surface area contributed by atoms with Crippen LogP contribution in [0.15, 0.2) is 30.7 Å². The lowest BCUT2D eigenvalue weighted by Crippen LogP contribution is -2.45. The lowest BCUT2D eigenvalue weighted by Gasteiger charge is -2.46. The molecule has 6 nitrogen and oxygen atoms in total. The molecule has 1 saturated heterocycles. The number of piperidine rings is 1. The summed E-state index contributed by atoms with van der Waals surface area (Å²) in [7, 11) is 0. The number of likely N-dealkylation sites (tertiary alicyclic amines) is 1. The molecule has 0 atom stereocenters. The zero-order valence-electron chi connectivity index (χ0n) is 15.8. The Balaban J connectivity index is 1.25. The Hall–Kier alpha value is -2.24. The van der Waals surface area contributed by atoms with E-state index >= 15 is 0 Å². The van der Waals surface area contributed by atoms with Gasteiger partial charge in [0.2, 0.25) is 5.91 Å². The van der Waals surface area contributed by atoms with E-state index in [2.05, 4.69) is 22.1 Å². The van der Waals surface area contributed by atoms with Crippen LogP contribution in [0.2, 0.25) is 0 Å². The largest absolute Gasteiger partial charge is 0.337 e. The lowest BCUT2D eigenvalue weighted by molar-refractivity contribution is -0.131. The van der Waals surface area contributed by atoms with E-state index in [1.54, 1.807) is 18.6 Å². The van der Waals surface area contributed by atoms with Gasteiger partial charge >= 0.3 is 0 Å². The van der Waals surface area contributed by atoms with Crippen LogP contribution in [-0.4, -0.2) is 57.8 Å². The lowest BCUT2D eigenvalue weighted by atomic mass is 9.65. The maximum atomic E-state index is 12.5. The second kappa shape index (κ2) is 7.79. The summed E-state index contributed by atoms with van der Waals surface area (Å²) in [4.78, 5) is 36.9. The Kier molecular flexibility index (Phi) is 5.23. The summed E-state index contributed by atoms with van der Waals surface area (Å²) in [6.45, 7) is 3.17. The molecule has 27 heavy (non-hydrogen) atoms. The van der Waals surface area contributed by atoms with Crippen molar-refractivity contribution in [3.8, 4) is 0 Å². The molecule has 2 fully saturated rings. The fourth-order valence-corrected chi connectivity index (χ4v) is 4.81. The van der Waals surface area contributed by atoms with Crippen LogP contribution in [0, 0.1) is 11.3 Å². The molecule has 0 bridgehead atoms. The van der Waals surface area contributed by atoms with Crippen LogP contribution < -0.4 is 0 Å². The minimum atomic E-state index is -0.00328. The summed E-state index contributed by atoms with van der Waals surface area (Å²) in [5.41, 5.74) is 0.806.